The molecule has 0 unspecified atom stereocenters. The van der Waals surface area contributed by atoms with Crippen molar-refractivity contribution in [3.05, 3.63) is 36.4 Å². The van der Waals surface area contributed by atoms with Gasteiger partial charge >= 0.3 is 6.03 Å². The summed E-state index contributed by atoms with van der Waals surface area (Å²) in [4.78, 5) is 41.2. The van der Waals surface area contributed by atoms with E-state index in [1.807, 2.05) is 0 Å². The summed E-state index contributed by atoms with van der Waals surface area (Å²) in [7, 11) is 3.46. The van der Waals surface area contributed by atoms with E-state index in [9.17, 15) is 14.4 Å². The molecule has 27 heavy (non-hydrogen) atoms. The van der Waals surface area contributed by atoms with Crippen molar-refractivity contribution in [2.24, 2.45) is 0 Å². The molecule has 0 saturated heterocycles. The fraction of sp³-hybridized carbons (Fsp3) is 0.476. The summed E-state index contributed by atoms with van der Waals surface area (Å²) in [6.07, 6.45) is 4.39. The molecule has 0 radical (unpaired) electrons. The largest absolute Gasteiger partial charge is 0.327 e. The molecular weight excluding hydrogens is 342 g/mol. The topological polar surface area (TPSA) is 60.9 Å². The van der Waals surface area contributed by atoms with Crippen LogP contribution in [0.5, 0.6) is 0 Å². The monoisotopic (exact) mass is 373 g/mol. The summed E-state index contributed by atoms with van der Waals surface area (Å²) in [5, 5.41) is 0. The molecule has 0 spiro atoms. The summed E-state index contributed by atoms with van der Waals surface area (Å²) < 4.78 is 0. The molecule has 0 atom stereocenters. The van der Waals surface area contributed by atoms with Crippen molar-refractivity contribution in [1.82, 2.24) is 4.90 Å². The summed E-state index contributed by atoms with van der Waals surface area (Å²) >= 11 is 0. The van der Waals surface area contributed by atoms with Gasteiger partial charge in [-0.05, 0) is 31.5 Å². The first kappa shape index (κ1) is 22.4. The first-order valence-electron chi connectivity index (χ1n) is 9.30. The average molecular weight is 373 g/mol. The van der Waals surface area contributed by atoms with Gasteiger partial charge in [-0.2, -0.15) is 0 Å². The zero-order valence-corrected chi connectivity index (χ0v) is 17.1. The molecule has 0 aliphatic rings. The fourth-order valence-corrected chi connectivity index (χ4v) is 2.71. The summed E-state index contributed by atoms with van der Waals surface area (Å²) in [5.41, 5.74) is 1.30. The Morgan fingerprint density at radius 3 is 2.19 bits per heavy atom. The van der Waals surface area contributed by atoms with Crippen LogP contribution >= 0.6 is 0 Å². The highest BCUT2D eigenvalue weighted by atomic mass is 16.2. The number of hydrogen-bond acceptors (Lipinski definition) is 3. The van der Waals surface area contributed by atoms with Crippen molar-refractivity contribution in [1.29, 1.82) is 0 Å². The number of urea groups is 1. The number of carbonyl (C=O) groups is 3. The molecule has 0 aliphatic heterocycles. The van der Waals surface area contributed by atoms with E-state index in [-0.39, 0.29) is 11.6 Å². The van der Waals surface area contributed by atoms with Crippen LogP contribution in [0.3, 0.4) is 0 Å². The first-order chi connectivity index (χ1) is 12.7. The number of nitrogens with zero attached hydrogens (tertiary/aromatic N) is 3. The van der Waals surface area contributed by atoms with Crippen LogP contribution in [0.4, 0.5) is 16.2 Å². The van der Waals surface area contributed by atoms with Gasteiger partial charge in [0.2, 0.25) is 5.91 Å². The number of imide groups is 1. The van der Waals surface area contributed by atoms with Crippen LogP contribution in [-0.4, -0.2) is 43.4 Å². The molecule has 0 aliphatic carbocycles. The molecule has 4 amide bonds. The summed E-state index contributed by atoms with van der Waals surface area (Å²) in [6.45, 7) is 9.35. The Morgan fingerprint density at radius 2 is 1.63 bits per heavy atom. The molecule has 0 bridgehead atoms. The zero-order chi connectivity index (χ0) is 20.6. The minimum Gasteiger partial charge on any atom is -0.327 e. The minimum atomic E-state index is -0.457. The molecule has 0 heterocycles. The van der Waals surface area contributed by atoms with Crippen LogP contribution in [0.15, 0.2) is 36.4 Å². The predicted molar refractivity (Wildman–Crippen MR) is 110 cm³/mol. The lowest BCUT2D eigenvalue weighted by molar-refractivity contribution is -0.123. The summed E-state index contributed by atoms with van der Waals surface area (Å²) in [5.74, 6) is -0.858. The van der Waals surface area contributed by atoms with Gasteiger partial charge < -0.3 is 4.90 Å². The van der Waals surface area contributed by atoms with E-state index in [1.165, 1.54) is 11.8 Å². The fourth-order valence-electron chi connectivity index (χ4n) is 2.71. The standard InChI is InChI=1S/C21H31N3O3/c1-7-8-9-10-14-22(5)21(27)23(6)18-12-11-13-19(15-18)24(17(4)25)20(26)16(2)3/h11-13,15H,2,7-10,14H2,1,3-6H3. The number of amides is 4. The number of anilines is 2. The van der Waals surface area contributed by atoms with Gasteiger partial charge in [0.15, 0.2) is 0 Å². The van der Waals surface area contributed by atoms with Crippen LogP contribution in [0.1, 0.15) is 46.5 Å². The van der Waals surface area contributed by atoms with Crippen molar-refractivity contribution in [3.63, 3.8) is 0 Å². The highest BCUT2D eigenvalue weighted by Crippen LogP contribution is 2.24. The van der Waals surface area contributed by atoms with Crippen LogP contribution in [0.2, 0.25) is 0 Å². The number of unbranched alkanes of at least 4 members (excludes halogenated alkanes) is 3. The van der Waals surface area contributed by atoms with E-state index in [2.05, 4.69) is 13.5 Å². The van der Waals surface area contributed by atoms with E-state index in [4.69, 9.17) is 0 Å². The normalized spacial score (nSPS) is 10.3. The Hall–Kier alpha value is -2.63. The third kappa shape index (κ3) is 6.24. The average Bonchev–Trinajstić information content (AvgIpc) is 2.63. The van der Waals surface area contributed by atoms with Crippen molar-refractivity contribution < 1.29 is 14.4 Å². The van der Waals surface area contributed by atoms with Crippen molar-refractivity contribution >= 4 is 29.2 Å². The SMILES string of the molecule is C=C(C)C(=O)N(C(C)=O)c1cccc(N(C)C(=O)N(C)CCCCCC)c1. The molecular formula is C21H31N3O3. The van der Waals surface area contributed by atoms with Crippen molar-refractivity contribution in [2.75, 3.05) is 30.4 Å². The Labute approximate surface area is 162 Å². The highest BCUT2D eigenvalue weighted by molar-refractivity contribution is 6.20. The van der Waals surface area contributed by atoms with Crippen LogP contribution in [-0.2, 0) is 9.59 Å². The van der Waals surface area contributed by atoms with E-state index in [0.717, 1.165) is 30.6 Å². The number of carbonyl (C=O) groups excluding carboxylic acids is 3. The molecule has 6 nitrogen and oxygen atoms in total. The van der Waals surface area contributed by atoms with Crippen molar-refractivity contribution in [2.45, 2.75) is 46.5 Å². The van der Waals surface area contributed by atoms with E-state index >= 15 is 0 Å². The molecule has 1 aromatic carbocycles. The Kier molecular flexibility index (Phi) is 8.72. The van der Waals surface area contributed by atoms with Gasteiger partial charge in [-0.3, -0.25) is 14.5 Å². The van der Waals surface area contributed by atoms with Gasteiger partial charge in [-0.15, -0.1) is 0 Å². The lowest BCUT2D eigenvalue weighted by Gasteiger charge is -2.26. The van der Waals surface area contributed by atoms with Crippen LogP contribution in [0, 0.1) is 0 Å². The quantitative estimate of drug-likeness (QED) is 0.506. The predicted octanol–water partition coefficient (Wildman–Crippen LogP) is 4.21. The molecule has 0 saturated carbocycles. The maximum absolute atomic E-state index is 12.7. The zero-order valence-electron chi connectivity index (χ0n) is 17.1. The molecule has 1 rings (SSSR count). The van der Waals surface area contributed by atoms with E-state index in [0.29, 0.717) is 17.9 Å². The summed E-state index contributed by atoms with van der Waals surface area (Å²) in [6, 6.07) is 6.68. The molecule has 148 valence electrons. The van der Waals surface area contributed by atoms with Gasteiger partial charge in [-0.25, -0.2) is 9.69 Å². The molecule has 6 heteroatoms. The van der Waals surface area contributed by atoms with Gasteiger partial charge in [0.1, 0.15) is 0 Å². The number of benzene rings is 1. The van der Waals surface area contributed by atoms with Gasteiger partial charge in [0, 0.05) is 38.8 Å². The molecule has 0 N–H and O–H groups in total. The van der Waals surface area contributed by atoms with Gasteiger partial charge in [0.05, 0.1) is 5.69 Å². The second kappa shape index (κ2) is 10.5. The smallest absolute Gasteiger partial charge is 0.323 e. The Morgan fingerprint density at radius 1 is 1.00 bits per heavy atom. The number of hydrogen-bond donors (Lipinski definition) is 0. The molecule has 0 aromatic heterocycles. The second-order valence-corrected chi connectivity index (χ2v) is 6.78. The van der Waals surface area contributed by atoms with E-state index < -0.39 is 11.8 Å². The van der Waals surface area contributed by atoms with Gasteiger partial charge in [-0.1, -0.05) is 38.8 Å². The minimum absolute atomic E-state index is 0.135. The molecule has 0 fully saturated rings. The second-order valence-electron chi connectivity index (χ2n) is 6.78. The Bertz CT molecular complexity index is 700. The third-order valence-corrected chi connectivity index (χ3v) is 4.32. The maximum atomic E-state index is 12.7. The lowest BCUT2D eigenvalue weighted by Crippen LogP contribution is -2.39. The van der Waals surface area contributed by atoms with Crippen molar-refractivity contribution in [3.8, 4) is 0 Å². The van der Waals surface area contributed by atoms with Gasteiger partial charge in [0.25, 0.3) is 5.91 Å². The Balaban J connectivity index is 2.96. The molecule has 1 aromatic rings. The van der Waals surface area contributed by atoms with Crippen LogP contribution < -0.4 is 9.80 Å². The highest BCUT2D eigenvalue weighted by Gasteiger charge is 2.22. The van der Waals surface area contributed by atoms with E-state index in [1.54, 1.807) is 50.2 Å². The number of rotatable bonds is 8. The lowest BCUT2D eigenvalue weighted by atomic mass is 10.2. The first-order valence-corrected chi connectivity index (χ1v) is 9.30. The third-order valence-electron chi connectivity index (χ3n) is 4.32. The maximum Gasteiger partial charge on any atom is 0.323 e. The van der Waals surface area contributed by atoms with Crippen LogP contribution in [0.25, 0.3) is 0 Å².